The van der Waals surface area contributed by atoms with Crippen molar-refractivity contribution in [2.24, 2.45) is 0 Å². The van der Waals surface area contributed by atoms with Crippen LogP contribution in [0.5, 0.6) is 0 Å². The minimum Gasteiger partial charge on any atom is -0.310 e. The number of hydrogen-bond acceptors (Lipinski definition) is 3. The van der Waals surface area contributed by atoms with E-state index in [0.29, 0.717) is 6.04 Å². The van der Waals surface area contributed by atoms with E-state index in [-0.39, 0.29) is 0 Å². The monoisotopic (exact) mass is 280 g/mol. The predicted molar refractivity (Wildman–Crippen MR) is 83.9 cm³/mol. The van der Waals surface area contributed by atoms with Gasteiger partial charge in [-0.3, -0.25) is 0 Å². The molecule has 2 rings (SSSR count). The average molecular weight is 280 g/mol. The Balaban J connectivity index is 2.08. The van der Waals surface area contributed by atoms with Gasteiger partial charge in [-0.25, -0.2) is 4.98 Å². The Labute approximate surface area is 122 Å². The summed E-state index contributed by atoms with van der Waals surface area (Å²) in [4.78, 5) is 6.46. The average Bonchev–Trinajstić information content (AvgIpc) is 2.81. The highest BCUT2D eigenvalue weighted by Gasteiger charge is 2.21. The molecule has 0 radical (unpaired) electrons. The topological polar surface area (TPSA) is 24.9 Å². The van der Waals surface area contributed by atoms with Crippen LogP contribution in [-0.2, 0) is 13.0 Å². The van der Waals surface area contributed by atoms with E-state index in [9.17, 15) is 0 Å². The zero-order valence-corrected chi connectivity index (χ0v) is 13.5. The molecule has 1 saturated carbocycles. The number of hydrogen-bond donors (Lipinski definition) is 1. The van der Waals surface area contributed by atoms with Crippen LogP contribution < -0.4 is 5.32 Å². The van der Waals surface area contributed by atoms with Crippen molar-refractivity contribution in [1.29, 1.82) is 0 Å². The Bertz CT molecular complexity index is 378. The standard InChI is InChI=1S/C16H28N2S/c1-4-8-14-15(11-17-12(2)3)19-16(18-14)13-9-6-5-7-10-13/h12-13,17H,4-11H2,1-3H3. The molecule has 1 N–H and O–H groups in total. The van der Waals surface area contributed by atoms with Crippen molar-refractivity contribution in [3.63, 3.8) is 0 Å². The first-order valence-electron chi connectivity index (χ1n) is 7.92. The van der Waals surface area contributed by atoms with Gasteiger partial charge in [0.15, 0.2) is 0 Å². The fraction of sp³-hybridized carbons (Fsp3) is 0.812. The van der Waals surface area contributed by atoms with Crippen molar-refractivity contribution in [3.8, 4) is 0 Å². The summed E-state index contributed by atoms with van der Waals surface area (Å²) in [7, 11) is 0. The van der Waals surface area contributed by atoms with Crippen LogP contribution in [0.3, 0.4) is 0 Å². The molecule has 1 aromatic rings. The molecule has 0 spiro atoms. The van der Waals surface area contributed by atoms with Crippen LogP contribution in [0.15, 0.2) is 0 Å². The second-order valence-electron chi connectivity index (χ2n) is 6.04. The van der Waals surface area contributed by atoms with E-state index in [1.54, 1.807) is 0 Å². The molecule has 19 heavy (non-hydrogen) atoms. The number of thiazole rings is 1. The van der Waals surface area contributed by atoms with Gasteiger partial charge in [0.25, 0.3) is 0 Å². The van der Waals surface area contributed by atoms with Gasteiger partial charge < -0.3 is 5.32 Å². The SMILES string of the molecule is CCCc1nc(C2CCCCC2)sc1CNC(C)C. The van der Waals surface area contributed by atoms with Crippen molar-refractivity contribution in [2.75, 3.05) is 0 Å². The van der Waals surface area contributed by atoms with Gasteiger partial charge in [0.2, 0.25) is 0 Å². The van der Waals surface area contributed by atoms with Crippen molar-refractivity contribution in [1.82, 2.24) is 10.3 Å². The summed E-state index contributed by atoms with van der Waals surface area (Å²) in [5.41, 5.74) is 1.36. The van der Waals surface area contributed by atoms with Crippen LogP contribution in [0.2, 0.25) is 0 Å². The molecule has 1 aromatic heterocycles. The largest absolute Gasteiger partial charge is 0.310 e. The number of aryl methyl sites for hydroxylation is 1. The third-order valence-electron chi connectivity index (χ3n) is 3.91. The maximum absolute atomic E-state index is 4.98. The minimum atomic E-state index is 0.551. The molecule has 1 aliphatic rings. The van der Waals surface area contributed by atoms with Gasteiger partial charge >= 0.3 is 0 Å². The molecule has 0 saturated heterocycles. The van der Waals surface area contributed by atoms with Crippen LogP contribution in [0, 0.1) is 0 Å². The van der Waals surface area contributed by atoms with Crippen molar-refractivity contribution < 1.29 is 0 Å². The summed E-state index contributed by atoms with van der Waals surface area (Å²) >= 11 is 1.97. The lowest BCUT2D eigenvalue weighted by Crippen LogP contribution is -2.21. The normalized spacial score (nSPS) is 17.3. The van der Waals surface area contributed by atoms with Crippen LogP contribution >= 0.6 is 11.3 Å². The summed E-state index contributed by atoms with van der Waals surface area (Å²) < 4.78 is 0. The Morgan fingerprint density at radius 2 is 2.00 bits per heavy atom. The molecule has 1 aliphatic carbocycles. The molecule has 1 fully saturated rings. The molecule has 1 heterocycles. The number of nitrogens with zero attached hydrogens (tertiary/aromatic N) is 1. The van der Waals surface area contributed by atoms with Crippen LogP contribution in [0.1, 0.15) is 80.8 Å². The van der Waals surface area contributed by atoms with E-state index >= 15 is 0 Å². The highest BCUT2D eigenvalue weighted by Crippen LogP contribution is 2.36. The van der Waals surface area contributed by atoms with Gasteiger partial charge in [0, 0.05) is 23.4 Å². The van der Waals surface area contributed by atoms with Gasteiger partial charge in [0.1, 0.15) is 0 Å². The minimum absolute atomic E-state index is 0.551. The lowest BCUT2D eigenvalue weighted by molar-refractivity contribution is 0.442. The van der Waals surface area contributed by atoms with Crippen LogP contribution in [0.25, 0.3) is 0 Å². The van der Waals surface area contributed by atoms with E-state index in [2.05, 4.69) is 26.1 Å². The Morgan fingerprint density at radius 3 is 2.63 bits per heavy atom. The van der Waals surface area contributed by atoms with Crippen molar-refractivity contribution in [3.05, 3.63) is 15.6 Å². The van der Waals surface area contributed by atoms with Gasteiger partial charge in [-0.05, 0) is 19.3 Å². The summed E-state index contributed by atoms with van der Waals surface area (Å²) in [6, 6.07) is 0.551. The molecule has 3 heteroatoms. The molecular formula is C16H28N2S. The number of aromatic nitrogens is 1. The van der Waals surface area contributed by atoms with Crippen molar-refractivity contribution >= 4 is 11.3 Å². The summed E-state index contributed by atoms with van der Waals surface area (Å²) in [6.45, 7) is 7.67. The fourth-order valence-corrected chi connectivity index (χ4v) is 4.03. The smallest absolute Gasteiger partial charge is 0.0962 e. The second-order valence-corrected chi connectivity index (χ2v) is 7.16. The summed E-state index contributed by atoms with van der Waals surface area (Å²) in [6.07, 6.45) is 9.26. The van der Waals surface area contributed by atoms with E-state index in [4.69, 9.17) is 4.98 Å². The van der Waals surface area contributed by atoms with Gasteiger partial charge in [0.05, 0.1) is 10.7 Å². The van der Waals surface area contributed by atoms with E-state index in [1.165, 1.54) is 54.1 Å². The van der Waals surface area contributed by atoms with Gasteiger partial charge in [-0.15, -0.1) is 11.3 Å². The first-order chi connectivity index (χ1) is 9.20. The lowest BCUT2D eigenvalue weighted by Gasteiger charge is -2.18. The molecule has 0 amide bonds. The third kappa shape index (κ3) is 4.28. The molecule has 0 aromatic carbocycles. The number of rotatable bonds is 6. The Hall–Kier alpha value is -0.410. The number of nitrogens with one attached hydrogen (secondary N) is 1. The first-order valence-corrected chi connectivity index (χ1v) is 8.74. The predicted octanol–water partition coefficient (Wildman–Crippen LogP) is 4.64. The van der Waals surface area contributed by atoms with E-state index in [0.717, 1.165) is 18.9 Å². The second kappa shape index (κ2) is 7.39. The highest BCUT2D eigenvalue weighted by molar-refractivity contribution is 7.11. The lowest BCUT2D eigenvalue weighted by atomic mass is 9.90. The summed E-state index contributed by atoms with van der Waals surface area (Å²) in [5.74, 6) is 0.752. The quantitative estimate of drug-likeness (QED) is 0.821. The third-order valence-corrected chi connectivity index (χ3v) is 5.17. The van der Waals surface area contributed by atoms with E-state index < -0.39 is 0 Å². The molecule has 0 unspecified atom stereocenters. The van der Waals surface area contributed by atoms with Crippen molar-refractivity contribution in [2.45, 2.75) is 84.2 Å². The molecule has 108 valence electrons. The fourth-order valence-electron chi connectivity index (χ4n) is 2.79. The summed E-state index contributed by atoms with van der Waals surface area (Å²) in [5, 5.41) is 4.97. The molecule has 0 bridgehead atoms. The van der Waals surface area contributed by atoms with Crippen LogP contribution in [0.4, 0.5) is 0 Å². The van der Waals surface area contributed by atoms with Gasteiger partial charge in [-0.1, -0.05) is 46.5 Å². The first kappa shape index (κ1) is 15.0. The van der Waals surface area contributed by atoms with E-state index in [1.807, 2.05) is 11.3 Å². The van der Waals surface area contributed by atoms with Gasteiger partial charge in [-0.2, -0.15) is 0 Å². The molecule has 2 nitrogen and oxygen atoms in total. The highest BCUT2D eigenvalue weighted by atomic mass is 32.1. The zero-order valence-electron chi connectivity index (χ0n) is 12.7. The maximum Gasteiger partial charge on any atom is 0.0962 e. The molecule has 0 aliphatic heterocycles. The zero-order chi connectivity index (χ0) is 13.7. The molecule has 0 atom stereocenters. The van der Waals surface area contributed by atoms with Crippen LogP contribution in [-0.4, -0.2) is 11.0 Å². The maximum atomic E-state index is 4.98. The molecular weight excluding hydrogens is 252 g/mol. The Morgan fingerprint density at radius 1 is 1.26 bits per heavy atom. The Kier molecular flexibility index (Phi) is 5.83.